The van der Waals surface area contributed by atoms with E-state index < -0.39 is 0 Å². The number of amides is 1. The number of carbonyl (C=O) groups excluding carboxylic acids is 1. The summed E-state index contributed by atoms with van der Waals surface area (Å²) in [6.45, 7) is 5.06. The Bertz CT molecular complexity index is 774. The Morgan fingerprint density at radius 1 is 1.15 bits per heavy atom. The van der Waals surface area contributed by atoms with E-state index in [-0.39, 0.29) is 5.91 Å². The highest BCUT2D eigenvalue weighted by Crippen LogP contribution is 2.33. The average molecular weight is 368 g/mol. The van der Waals surface area contributed by atoms with Crippen LogP contribution in [0.25, 0.3) is 11.1 Å². The first-order valence-electron chi connectivity index (χ1n) is 9.51. The van der Waals surface area contributed by atoms with Crippen molar-refractivity contribution in [2.24, 2.45) is 0 Å². The molecule has 0 spiro atoms. The minimum atomic E-state index is -0.0220. The molecule has 0 unspecified atom stereocenters. The zero-order valence-corrected chi connectivity index (χ0v) is 16.3. The maximum Gasteiger partial charge on any atom is 0.251 e. The molecule has 3 rings (SSSR count). The highest BCUT2D eigenvalue weighted by Gasteiger charge is 2.23. The van der Waals surface area contributed by atoms with Gasteiger partial charge in [-0.1, -0.05) is 19.1 Å². The third-order valence-corrected chi connectivity index (χ3v) is 5.27. The highest BCUT2D eigenvalue weighted by atomic mass is 16.5. The molecule has 2 aromatic rings. The Morgan fingerprint density at radius 2 is 1.93 bits per heavy atom. The molecule has 27 heavy (non-hydrogen) atoms. The van der Waals surface area contributed by atoms with Crippen molar-refractivity contribution < 1.29 is 14.3 Å². The van der Waals surface area contributed by atoms with Crippen LogP contribution in [-0.2, 0) is 0 Å². The summed E-state index contributed by atoms with van der Waals surface area (Å²) in [6, 6.07) is 13.8. The predicted octanol–water partition coefficient (Wildman–Crippen LogP) is 3.58. The number of likely N-dealkylation sites (N-methyl/N-ethyl adjacent to an activating group) is 1. The molecule has 1 amide bonds. The van der Waals surface area contributed by atoms with Crippen molar-refractivity contribution in [3.63, 3.8) is 0 Å². The Balaban J connectivity index is 1.67. The molecule has 144 valence electrons. The van der Waals surface area contributed by atoms with Crippen molar-refractivity contribution in [1.29, 1.82) is 0 Å². The van der Waals surface area contributed by atoms with Crippen molar-refractivity contribution in [2.75, 3.05) is 33.9 Å². The highest BCUT2D eigenvalue weighted by molar-refractivity contribution is 5.94. The van der Waals surface area contributed by atoms with Crippen LogP contribution >= 0.6 is 0 Å². The predicted molar refractivity (Wildman–Crippen MR) is 108 cm³/mol. The van der Waals surface area contributed by atoms with Crippen LogP contribution in [0.5, 0.6) is 11.5 Å². The van der Waals surface area contributed by atoms with E-state index in [2.05, 4.69) is 17.1 Å². The van der Waals surface area contributed by atoms with E-state index in [4.69, 9.17) is 9.47 Å². The lowest BCUT2D eigenvalue weighted by atomic mass is 10.0. The van der Waals surface area contributed by atoms with Crippen molar-refractivity contribution >= 4 is 5.91 Å². The summed E-state index contributed by atoms with van der Waals surface area (Å²) in [4.78, 5) is 14.9. The van der Waals surface area contributed by atoms with Gasteiger partial charge in [0.25, 0.3) is 5.91 Å². The van der Waals surface area contributed by atoms with Crippen molar-refractivity contribution in [1.82, 2.24) is 10.2 Å². The topological polar surface area (TPSA) is 50.8 Å². The lowest BCUT2D eigenvalue weighted by molar-refractivity contribution is 0.0941. The number of hydrogen-bond donors (Lipinski definition) is 1. The van der Waals surface area contributed by atoms with Gasteiger partial charge in [0.2, 0.25) is 0 Å². The van der Waals surface area contributed by atoms with Crippen LogP contribution in [0, 0.1) is 0 Å². The molecule has 2 aromatic carbocycles. The van der Waals surface area contributed by atoms with Gasteiger partial charge in [0.15, 0.2) is 0 Å². The molecule has 5 heteroatoms. The van der Waals surface area contributed by atoms with E-state index in [1.807, 2.05) is 42.5 Å². The number of nitrogens with zero attached hydrogens (tertiary/aromatic N) is 1. The van der Waals surface area contributed by atoms with Gasteiger partial charge in [-0.25, -0.2) is 0 Å². The van der Waals surface area contributed by atoms with Crippen LogP contribution < -0.4 is 14.8 Å². The fourth-order valence-corrected chi connectivity index (χ4v) is 3.69. The van der Waals surface area contributed by atoms with Crippen LogP contribution in [0.1, 0.15) is 30.1 Å². The van der Waals surface area contributed by atoms with Gasteiger partial charge in [0, 0.05) is 29.8 Å². The van der Waals surface area contributed by atoms with Gasteiger partial charge >= 0.3 is 0 Å². The zero-order valence-electron chi connectivity index (χ0n) is 16.3. The van der Waals surface area contributed by atoms with Crippen LogP contribution in [0.2, 0.25) is 0 Å². The lowest BCUT2D eigenvalue weighted by Crippen LogP contribution is -2.40. The monoisotopic (exact) mass is 368 g/mol. The fourth-order valence-electron chi connectivity index (χ4n) is 3.69. The van der Waals surface area contributed by atoms with Crippen LogP contribution in [0.3, 0.4) is 0 Å². The summed E-state index contributed by atoms with van der Waals surface area (Å²) in [7, 11) is 3.27. The van der Waals surface area contributed by atoms with Gasteiger partial charge in [-0.05, 0) is 55.8 Å². The Hall–Kier alpha value is -2.53. The average Bonchev–Trinajstić information content (AvgIpc) is 3.19. The van der Waals surface area contributed by atoms with Crippen molar-refractivity contribution in [2.45, 2.75) is 25.8 Å². The quantitative estimate of drug-likeness (QED) is 0.812. The number of rotatable bonds is 7. The van der Waals surface area contributed by atoms with Gasteiger partial charge in [-0.2, -0.15) is 0 Å². The van der Waals surface area contributed by atoms with E-state index in [9.17, 15) is 4.79 Å². The fraction of sp³-hybridized carbons (Fsp3) is 0.409. The first-order valence-corrected chi connectivity index (χ1v) is 9.51. The molecule has 0 radical (unpaired) electrons. The van der Waals surface area contributed by atoms with Gasteiger partial charge < -0.3 is 14.8 Å². The first kappa shape index (κ1) is 19.2. The second kappa shape index (κ2) is 8.91. The summed E-state index contributed by atoms with van der Waals surface area (Å²) in [6.07, 6.45) is 2.37. The molecule has 1 saturated heterocycles. The van der Waals surface area contributed by atoms with E-state index in [1.165, 1.54) is 6.42 Å². The minimum absolute atomic E-state index is 0.0220. The summed E-state index contributed by atoms with van der Waals surface area (Å²) < 4.78 is 10.7. The number of methoxy groups -OCH3 is 2. The van der Waals surface area contributed by atoms with E-state index in [0.717, 1.165) is 42.1 Å². The Kier molecular flexibility index (Phi) is 6.35. The standard InChI is InChI=1S/C22H28N2O3/c1-4-24-13-5-6-18(24)15-23-22(25)17-9-7-16(8-10-17)20-12-11-19(26-2)14-21(20)27-3/h7-12,14,18H,4-6,13,15H2,1-3H3,(H,23,25)/t18-/m0/s1. The largest absolute Gasteiger partial charge is 0.497 e. The normalized spacial score (nSPS) is 16.9. The maximum absolute atomic E-state index is 12.5. The molecule has 1 heterocycles. The summed E-state index contributed by atoms with van der Waals surface area (Å²) in [5, 5.41) is 3.08. The van der Waals surface area contributed by atoms with Crippen molar-refractivity contribution in [3.05, 3.63) is 48.0 Å². The van der Waals surface area contributed by atoms with Gasteiger partial charge in [0.05, 0.1) is 14.2 Å². The molecule has 1 fully saturated rings. The number of carbonyl (C=O) groups is 1. The molecule has 1 atom stereocenters. The Morgan fingerprint density at radius 3 is 2.59 bits per heavy atom. The molecule has 1 aliphatic heterocycles. The van der Waals surface area contributed by atoms with E-state index in [1.54, 1.807) is 14.2 Å². The Labute approximate surface area is 161 Å². The SMILES string of the molecule is CCN1CCC[C@H]1CNC(=O)c1ccc(-c2ccc(OC)cc2OC)cc1. The number of hydrogen-bond acceptors (Lipinski definition) is 4. The number of likely N-dealkylation sites (tertiary alicyclic amines) is 1. The second-order valence-corrected chi connectivity index (χ2v) is 6.78. The molecule has 0 aromatic heterocycles. The summed E-state index contributed by atoms with van der Waals surface area (Å²) in [5.41, 5.74) is 2.64. The van der Waals surface area contributed by atoms with E-state index in [0.29, 0.717) is 18.2 Å². The smallest absolute Gasteiger partial charge is 0.251 e. The maximum atomic E-state index is 12.5. The molecular formula is C22H28N2O3. The first-order chi connectivity index (χ1) is 13.2. The molecule has 1 N–H and O–H groups in total. The van der Waals surface area contributed by atoms with Gasteiger partial charge in [-0.15, -0.1) is 0 Å². The number of nitrogens with one attached hydrogen (secondary N) is 1. The van der Waals surface area contributed by atoms with E-state index >= 15 is 0 Å². The summed E-state index contributed by atoms with van der Waals surface area (Å²) in [5.74, 6) is 1.47. The lowest BCUT2D eigenvalue weighted by Gasteiger charge is -2.22. The van der Waals surface area contributed by atoms with Crippen LogP contribution in [0.4, 0.5) is 0 Å². The molecule has 0 bridgehead atoms. The number of benzene rings is 2. The second-order valence-electron chi connectivity index (χ2n) is 6.78. The number of ether oxygens (including phenoxy) is 2. The molecule has 5 nitrogen and oxygen atoms in total. The summed E-state index contributed by atoms with van der Waals surface area (Å²) >= 11 is 0. The van der Waals surface area contributed by atoms with Crippen molar-refractivity contribution in [3.8, 4) is 22.6 Å². The van der Waals surface area contributed by atoms with Gasteiger partial charge in [-0.3, -0.25) is 9.69 Å². The third kappa shape index (κ3) is 4.42. The zero-order chi connectivity index (χ0) is 19.2. The van der Waals surface area contributed by atoms with Gasteiger partial charge in [0.1, 0.15) is 11.5 Å². The molecular weight excluding hydrogens is 340 g/mol. The molecule has 0 saturated carbocycles. The minimum Gasteiger partial charge on any atom is -0.497 e. The van der Waals surface area contributed by atoms with Crippen LogP contribution in [0.15, 0.2) is 42.5 Å². The third-order valence-electron chi connectivity index (χ3n) is 5.27. The molecule has 0 aliphatic carbocycles. The molecule has 1 aliphatic rings. The van der Waals surface area contributed by atoms with Crippen LogP contribution in [-0.4, -0.2) is 50.7 Å².